The Morgan fingerprint density at radius 2 is 0.593 bits per heavy atom. The molecule has 2 aliphatic heterocycles. The van der Waals surface area contributed by atoms with Crippen LogP contribution in [0.2, 0.25) is 0 Å². The summed E-state index contributed by atoms with van der Waals surface area (Å²) in [5.41, 5.74) is 29.4. The minimum absolute atomic E-state index is 0.872. The van der Waals surface area contributed by atoms with Gasteiger partial charge in [0.25, 0.3) is 0 Å². The van der Waals surface area contributed by atoms with Crippen LogP contribution < -0.4 is 9.80 Å². The lowest BCUT2D eigenvalue weighted by Gasteiger charge is -2.46. The van der Waals surface area contributed by atoms with Crippen molar-refractivity contribution in [3.63, 3.8) is 0 Å². The smallest absolute Gasteiger partial charge is 0.0772 e. The summed E-state index contributed by atoms with van der Waals surface area (Å²) in [5, 5.41) is 9.24. The van der Waals surface area contributed by atoms with Crippen molar-refractivity contribution in [2.24, 2.45) is 0 Å². The summed E-state index contributed by atoms with van der Waals surface area (Å²) in [4.78, 5) is 24.8. The van der Waals surface area contributed by atoms with Crippen LogP contribution in [0.5, 0.6) is 0 Å². The quantitative estimate of drug-likeness (QED) is 0.127. The molecule has 21 rings (SSSR count). The molecule has 0 amide bonds. The lowest BCUT2D eigenvalue weighted by molar-refractivity contribution is 0.724. The van der Waals surface area contributed by atoms with Gasteiger partial charge in [-0.1, -0.05) is 182 Å². The minimum atomic E-state index is -0.872. The third kappa shape index (κ3) is 9.42. The second-order valence-electron chi connectivity index (χ2n) is 29.4. The highest BCUT2D eigenvalue weighted by Gasteiger charge is 2.50. The molecule has 0 aliphatic carbocycles. The summed E-state index contributed by atoms with van der Waals surface area (Å²) in [5.74, 6) is 0. The number of hydrogen-bond donors (Lipinski definition) is 0. The van der Waals surface area contributed by atoms with E-state index in [2.05, 4.69) is 375 Å². The molecule has 0 saturated carbocycles. The Morgan fingerprint density at radius 3 is 0.963 bits per heavy atom. The largest absolute Gasteiger partial charge is 0.310 e. The second kappa shape index (κ2) is 24.4. The Hall–Kier alpha value is -13.8. The third-order valence-electron chi connectivity index (χ3n) is 23.0. The first-order valence-electron chi connectivity index (χ1n) is 37.1. The van der Waals surface area contributed by atoms with Gasteiger partial charge in [-0.25, -0.2) is 0 Å². The monoisotopic (exact) mass is 1380 g/mol. The van der Waals surface area contributed by atoms with Gasteiger partial charge in [-0.3, -0.25) is 19.9 Å². The van der Waals surface area contributed by atoms with Gasteiger partial charge in [0.2, 0.25) is 0 Å². The van der Waals surface area contributed by atoms with E-state index in [1.165, 1.54) is 33.0 Å². The molecule has 0 radical (unpaired) electrons. The van der Waals surface area contributed by atoms with Crippen LogP contribution in [0.25, 0.3) is 98.8 Å². The molecule has 0 bridgehead atoms. The van der Waals surface area contributed by atoms with Gasteiger partial charge in [-0.2, -0.15) is 0 Å². The van der Waals surface area contributed by atoms with E-state index in [0.717, 1.165) is 167 Å². The first-order valence-corrected chi connectivity index (χ1v) is 37.1. The molecule has 0 spiro atoms. The molecule has 0 fully saturated rings. The van der Waals surface area contributed by atoms with Crippen molar-refractivity contribution in [1.29, 1.82) is 0 Å². The van der Waals surface area contributed by atoms with Crippen molar-refractivity contribution in [3.8, 4) is 33.6 Å². The van der Waals surface area contributed by atoms with Crippen LogP contribution in [0.4, 0.5) is 34.1 Å². The topological polar surface area (TPSA) is 67.9 Å². The Bertz CT molecular complexity index is 6320. The van der Waals surface area contributed by atoms with E-state index in [9.17, 15) is 0 Å². The highest BCUT2D eigenvalue weighted by atomic mass is 15.2. The number of anilines is 6. The summed E-state index contributed by atoms with van der Waals surface area (Å²) >= 11 is 0. The van der Waals surface area contributed by atoms with Crippen molar-refractivity contribution >= 4 is 99.3 Å². The molecule has 13 aromatic carbocycles. The Kier molecular flexibility index (Phi) is 14.2. The number of benzene rings is 13. The van der Waals surface area contributed by atoms with E-state index in [1.54, 1.807) is 0 Å². The van der Waals surface area contributed by atoms with Crippen LogP contribution in [0.3, 0.4) is 0 Å². The predicted octanol–water partition coefficient (Wildman–Crippen LogP) is 24.7. The molecule has 510 valence electrons. The van der Waals surface area contributed by atoms with Gasteiger partial charge < -0.3 is 18.9 Å². The molecule has 2 aliphatic rings. The van der Waals surface area contributed by atoms with Crippen LogP contribution in [0.1, 0.15) is 66.8 Å². The first kappa shape index (κ1) is 62.7. The van der Waals surface area contributed by atoms with Crippen molar-refractivity contribution in [2.75, 3.05) is 9.80 Å². The standard InChI is InChI=1S/C100H70N8/c1-63-45-64(2)48-79(47-63)107-91-29-13-11-27-83(91)85-55-89-97(57-93(85)107)105(95-53-69(67-19-7-5-8-20-67)33-39-87(95)99(89,73-23-15-41-101-59-73)74-24-16-42-102-60-74)77-35-37-81-71(51-77)31-32-72-52-78(36-38-82(72)81)106-96-54-70(68-21-9-6-10-22-68)34-40-88(96)100(75-25-17-43-103-61-75,76-26-18-44-104-62-76)90-56-86-84-28-12-14-30-92(84)108(94(86)58-98(90)106)80-49-65(3)46-66(4)50-80/h5-62H,1-4H3. The van der Waals surface area contributed by atoms with Crippen LogP contribution in [0.15, 0.2) is 353 Å². The van der Waals surface area contributed by atoms with Crippen LogP contribution in [-0.4, -0.2) is 29.1 Å². The second-order valence-corrected chi connectivity index (χ2v) is 29.4. The van der Waals surface area contributed by atoms with E-state index in [1.807, 2.05) is 24.8 Å². The molecule has 8 heterocycles. The van der Waals surface area contributed by atoms with Gasteiger partial charge in [-0.15, -0.1) is 0 Å². The zero-order valence-corrected chi connectivity index (χ0v) is 60.1. The normalized spacial score (nSPS) is 13.5. The molecule has 0 atom stereocenters. The fourth-order valence-corrected chi connectivity index (χ4v) is 18.7. The molecular formula is C100H70N8. The van der Waals surface area contributed by atoms with Gasteiger partial charge in [0.1, 0.15) is 0 Å². The Balaban J connectivity index is 0.811. The average Bonchev–Trinajstić information content (AvgIpc) is 1.07. The van der Waals surface area contributed by atoms with Crippen molar-refractivity contribution in [3.05, 3.63) is 420 Å². The molecule has 8 heteroatoms. The number of rotatable bonds is 10. The number of aromatic nitrogens is 6. The molecule has 0 unspecified atom stereocenters. The molecule has 0 N–H and O–H groups in total. The first-order chi connectivity index (χ1) is 53.2. The molecule has 108 heavy (non-hydrogen) atoms. The number of hydrogen-bond acceptors (Lipinski definition) is 6. The number of aryl methyl sites for hydroxylation is 4. The zero-order chi connectivity index (χ0) is 71.9. The molecule has 6 aromatic heterocycles. The Morgan fingerprint density at radius 1 is 0.231 bits per heavy atom. The summed E-state index contributed by atoms with van der Waals surface area (Å²) in [7, 11) is 0. The number of pyridine rings is 4. The lowest BCUT2D eigenvalue weighted by atomic mass is 9.62. The Labute approximate surface area is 626 Å². The maximum atomic E-state index is 4.94. The van der Waals surface area contributed by atoms with E-state index >= 15 is 0 Å². The SMILES string of the molecule is Cc1cc(C)cc(-n2c3ccccc3c3cc4c(cc32)N(c2ccc3c(ccc5cc(N6c7cc(-c8ccccc8)ccc7C(c7cccnc7)(c7cccnc7)c7cc8c9ccccc9n(-c9cc(C)cc(C)c9)c8cc76)ccc53)c2)c2cc(-c3ccccc3)ccc2C4(c2cccnc2)c2cccnc2)c1. The number of nitrogens with zero attached hydrogens (tertiary/aromatic N) is 8. The maximum Gasteiger partial charge on any atom is 0.0772 e. The summed E-state index contributed by atoms with van der Waals surface area (Å²) in [6, 6.07) is 113. The summed E-state index contributed by atoms with van der Waals surface area (Å²) < 4.78 is 4.95. The van der Waals surface area contributed by atoms with Gasteiger partial charge in [-0.05, 0) is 260 Å². The minimum Gasteiger partial charge on any atom is -0.310 e. The van der Waals surface area contributed by atoms with Crippen molar-refractivity contribution in [1.82, 2.24) is 29.1 Å². The van der Waals surface area contributed by atoms with E-state index in [-0.39, 0.29) is 0 Å². The summed E-state index contributed by atoms with van der Waals surface area (Å²) in [6.45, 7) is 8.80. The van der Waals surface area contributed by atoms with Gasteiger partial charge in [0.05, 0.1) is 55.6 Å². The van der Waals surface area contributed by atoms with E-state index in [4.69, 9.17) is 19.9 Å². The third-order valence-corrected chi connectivity index (χ3v) is 23.0. The van der Waals surface area contributed by atoms with E-state index < -0.39 is 10.8 Å². The fourth-order valence-electron chi connectivity index (χ4n) is 18.7. The zero-order valence-electron chi connectivity index (χ0n) is 60.1. The van der Waals surface area contributed by atoms with Crippen LogP contribution in [0, 0.1) is 27.7 Å². The maximum absolute atomic E-state index is 4.94. The summed E-state index contributed by atoms with van der Waals surface area (Å²) in [6.07, 6.45) is 15.8. The van der Waals surface area contributed by atoms with Crippen molar-refractivity contribution in [2.45, 2.75) is 38.5 Å². The molecular weight excluding hydrogens is 1310 g/mol. The fraction of sp³-hybridized carbons (Fsp3) is 0.0600. The number of fused-ring (bicyclic) bond motifs is 13. The van der Waals surface area contributed by atoms with Crippen LogP contribution in [-0.2, 0) is 10.8 Å². The van der Waals surface area contributed by atoms with Gasteiger partial charge >= 0.3 is 0 Å². The average molecular weight is 1380 g/mol. The van der Waals surface area contributed by atoms with E-state index in [0.29, 0.717) is 0 Å². The predicted molar refractivity (Wildman–Crippen MR) is 444 cm³/mol. The van der Waals surface area contributed by atoms with Gasteiger partial charge in [0.15, 0.2) is 0 Å². The highest BCUT2D eigenvalue weighted by Crippen LogP contribution is 2.62. The van der Waals surface area contributed by atoms with Crippen LogP contribution >= 0.6 is 0 Å². The highest BCUT2D eigenvalue weighted by molar-refractivity contribution is 6.15. The van der Waals surface area contributed by atoms with Gasteiger partial charge in [0, 0.05) is 93.9 Å². The van der Waals surface area contributed by atoms with Crippen molar-refractivity contribution < 1.29 is 0 Å². The molecule has 8 nitrogen and oxygen atoms in total. The lowest BCUT2D eigenvalue weighted by Crippen LogP contribution is -2.38. The number of para-hydroxylation sites is 2. The molecule has 19 aromatic rings. The molecule has 0 saturated heterocycles.